The fraction of sp³-hybridized carbons (Fsp3) is 0.769. The van der Waals surface area contributed by atoms with Gasteiger partial charge in [0.2, 0.25) is 0 Å². The SMILES string of the molecule is [CH2]CC(C(=O)OC(C)(C)C)[C@@H](CC)C(C)=N. The lowest BCUT2D eigenvalue weighted by Crippen LogP contribution is -2.34. The number of hydrogen-bond donors (Lipinski definition) is 1. The number of rotatable bonds is 5. The second-order valence-corrected chi connectivity index (χ2v) is 5.13. The summed E-state index contributed by atoms with van der Waals surface area (Å²) < 4.78 is 5.35. The number of carbonyl (C=O) groups is 1. The summed E-state index contributed by atoms with van der Waals surface area (Å²) in [6, 6.07) is 0. The zero-order valence-electron chi connectivity index (χ0n) is 11.1. The van der Waals surface area contributed by atoms with Gasteiger partial charge in [-0.15, -0.1) is 0 Å². The molecule has 0 saturated heterocycles. The zero-order chi connectivity index (χ0) is 12.9. The minimum atomic E-state index is -0.473. The molecule has 0 amide bonds. The highest BCUT2D eigenvalue weighted by Crippen LogP contribution is 2.24. The van der Waals surface area contributed by atoms with E-state index in [1.807, 2.05) is 27.7 Å². The molecule has 0 rings (SSSR count). The predicted octanol–water partition coefficient (Wildman–Crippen LogP) is 3.23. The Morgan fingerprint density at radius 2 is 1.88 bits per heavy atom. The first-order valence-electron chi connectivity index (χ1n) is 5.80. The van der Waals surface area contributed by atoms with Crippen molar-refractivity contribution in [3.05, 3.63) is 6.92 Å². The van der Waals surface area contributed by atoms with Crippen molar-refractivity contribution in [3.8, 4) is 0 Å². The van der Waals surface area contributed by atoms with Crippen molar-refractivity contribution in [2.75, 3.05) is 0 Å². The van der Waals surface area contributed by atoms with Crippen LogP contribution < -0.4 is 0 Å². The molecule has 0 aliphatic carbocycles. The molecule has 2 atom stereocenters. The second-order valence-electron chi connectivity index (χ2n) is 5.13. The summed E-state index contributed by atoms with van der Waals surface area (Å²) in [7, 11) is 0. The molecule has 0 aromatic heterocycles. The minimum Gasteiger partial charge on any atom is -0.460 e. The molecule has 1 N–H and O–H groups in total. The van der Waals surface area contributed by atoms with E-state index in [4.69, 9.17) is 10.1 Å². The smallest absolute Gasteiger partial charge is 0.310 e. The van der Waals surface area contributed by atoms with E-state index < -0.39 is 5.60 Å². The maximum Gasteiger partial charge on any atom is 0.310 e. The summed E-state index contributed by atoms with van der Waals surface area (Å²) in [4.78, 5) is 11.9. The normalized spacial score (nSPS) is 15.4. The quantitative estimate of drug-likeness (QED) is 0.578. The average Bonchev–Trinajstić information content (AvgIpc) is 2.09. The van der Waals surface area contributed by atoms with Crippen LogP contribution in [0.2, 0.25) is 0 Å². The number of esters is 1. The van der Waals surface area contributed by atoms with Crippen LogP contribution in [0.5, 0.6) is 0 Å². The molecule has 93 valence electrons. The highest BCUT2D eigenvalue weighted by atomic mass is 16.6. The van der Waals surface area contributed by atoms with Gasteiger partial charge in [-0.3, -0.25) is 4.79 Å². The lowest BCUT2D eigenvalue weighted by atomic mass is 9.84. The van der Waals surface area contributed by atoms with Gasteiger partial charge in [-0.05, 0) is 40.5 Å². The van der Waals surface area contributed by atoms with Crippen molar-refractivity contribution in [1.82, 2.24) is 0 Å². The zero-order valence-corrected chi connectivity index (χ0v) is 11.1. The van der Waals surface area contributed by atoms with Crippen LogP contribution in [0, 0.1) is 24.2 Å². The standard InChI is InChI=1S/C13H24NO2/c1-7-10(9(3)14)11(8-2)12(15)16-13(4,5)6/h10-11,14H,2,7-8H2,1,3-6H3/t10-,11?/m0/s1. The van der Waals surface area contributed by atoms with Gasteiger partial charge >= 0.3 is 5.97 Å². The highest BCUT2D eigenvalue weighted by Gasteiger charge is 2.30. The lowest BCUT2D eigenvalue weighted by Gasteiger charge is -2.27. The van der Waals surface area contributed by atoms with Crippen LogP contribution >= 0.6 is 0 Å². The van der Waals surface area contributed by atoms with Gasteiger partial charge in [-0.2, -0.15) is 0 Å². The Balaban J connectivity index is 4.71. The monoisotopic (exact) mass is 226 g/mol. The van der Waals surface area contributed by atoms with E-state index in [0.717, 1.165) is 6.42 Å². The Morgan fingerprint density at radius 1 is 1.38 bits per heavy atom. The molecular formula is C13H24NO2. The van der Waals surface area contributed by atoms with E-state index in [-0.39, 0.29) is 17.8 Å². The summed E-state index contributed by atoms with van der Waals surface area (Å²) in [6.45, 7) is 13.1. The molecule has 1 radical (unpaired) electrons. The van der Waals surface area contributed by atoms with Gasteiger partial charge in [0.15, 0.2) is 0 Å². The van der Waals surface area contributed by atoms with E-state index in [1.54, 1.807) is 6.92 Å². The Hall–Kier alpha value is -0.860. The van der Waals surface area contributed by atoms with Crippen LogP contribution in [0.15, 0.2) is 0 Å². The molecule has 0 bridgehead atoms. The Morgan fingerprint density at radius 3 is 2.12 bits per heavy atom. The highest BCUT2D eigenvalue weighted by molar-refractivity contribution is 5.87. The number of ether oxygens (including phenoxy) is 1. The summed E-state index contributed by atoms with van der Waals surface area (Å²) in [5, 5.41) is 7.67. The Labute approximate surface area is 99.1 Å². The Bertz CT molecular complexity index is 253. The molecule has 0 fully saturated rings. The fourth-order valence-electron chi connectivity index (χ4n) is 1.75. The molecular weight excluding hydrogens is 202 g/mol. The molecule has 0 saturated carbocycles. The third-order valence-electron chi connectivity index (χ3n) is 2.50. The van der Waals surface area contributed by atoms with Gasteiger partial charge in [0.25, 0.3) is 0 Å². The van der Waals surface area contributed by atoms with Crippen molar-refractivity contribution < 1.29 is 9.53 Å². The first-order valence-corrected chi connectivity index (χ1v) is 5.80. The molecule has 0 aromatic carbocycles. The summed E-state index contributed by atoms with van der Waals surface area (Å²) in [5.74, 6) is -0.574. The van der Waals surface area contributed by atoms with Crippen LogP contribution in [0.25, 0.3) is 0 Å². The van der Waals surface area contributed by atoms with Crippen molar-refractivity contribution in [1.29, 1.82) is 5.41 Å². The molecule has 0 aromatic rings. The van der Waals surface area contributed by atoms with E-state index in [1.165, 1.54) is 0 Å². The van der Waals surface area contributed by atoms with Gasteiger partial charge in [0.05, 0.1) is 5.92 Å². The van der Waals surface area contributed by atoms with Crippen molar-refractivity contribution in [2.24, 2.45) is 11.8 Å². The van der Waals surface area contributed by atoms with Crippen LogP contribution in [0.1, 0.15) is 47.5 Å². The molecule has 0 spiro atoms. The van der Waals surface area contributed by atoms with Crippen LogP contribution in [-0.4, -0.2) is 17.3 Å². The van der Waals surface area contributed by atoms with E-state index in [0.29, 0.717) is 12.1 Å². The number of nitrogens with one attached hydrogen (secondary N) is 1. The van der Waals surface area contributed by atoms with Gasteiger partial charge in [0, 0.05) is 11.6 Å². The van der Waals surface area contributed by atoms with E-state index in [2.05, 4.69) is 6.92 Å². The average molecular weight is 226 g/mol. The van der Waals surface area contributed by atoms with Gasteiger partial charge in [-0.25, -0.2) is 0 Å². The largest absolute Gasteiger partial charge is 0.460 e. The molecule has 0 aliphatic heterocycles. The van der Waals surface area contributed by atoms with Crippen LogP contribution in [0.3, 0.4) is 0 Å². The summed E-state index contributed by atoms with van der Waals surface area (Å²) in [5.41, 5.74) is 0.0562. The van der Waals surface area contributed by atoms with Crippen LogP contribution in [0.4, 0.5) is 0 Å². The third-order valence-corrected chi connectivity index (χ3v) is 2.50. The lowest BCUT2D eigenvalue weighted by molar-refractivity contribution is -0.161. The topological polar surface area (TPSA) is 50.2 Å². The molecule has 16 heavy (non-hydrogen) atoms. The molecule has 0 aliphatic rings. The predicted molar refractivity (Wildman–Crippen MR) is 66.5 cm³/mol. The molecule has 3 heteroatoms. The second kappa shape index (κ2) is 6.02. The maximum absolute atomic E-state index is 11.9. The fourth-order valence-corrected chi connectivity index (χ4v) is 1.75. The molecule has 1 unspecified atom stereocenters. The van der Waals surface area contributed by atoms with E-state index >= 15 is 0 Å². The first-order chi connectivity index (χ1) is 7.22. The summed E-state index contributed by atoms with van der Waals surface area (Å²) in [6.07, 6.45) is 1.25. The van der Waals surface area contributed by atoms with Crippen molar-refractivity contribution in [3.63, 3.8) is 0 Å². The first kappa shape index (κ1) is 15.1. The van der Waals surface area contributed by atoms with Gasteiger partial charge in [0.1, 0.15) is 5.60 Å². The van der Waals surface area contributed by atoms with Gasteiger partial charge < -0.3 is 10.1 Å². The number of hydrogen-bond acceptors (Lipinski definition) is 3. The summed E-state index contributed by atoms with van der Waals surface area (Å²) >= 11 is 0. The van der Waals surface area contributed by atoms with Gasteiger partial charge in [-0.1, -0.05) is 13.8 Å². The Kier molecular flexibility index (Phi) is 5.70. The molecule has 0 heterocycles. The minimum absolute atomic E-state index is 0.0488. The van der Waals surface area contributed by atoms with Crippen LogP contribution in [-0.2, 0) is 9.53 Å². The third kappa shape index (κ3) is 4.77. The van der Waals surface area contributed by atoms with Crippen molar-refractivity contribution in [2.45, 2.75) is 53.1 Å². The van der Waals surface area contributed by atoms with E-state index in [9.17, 15) is 4.79 Å². The molecule has 3 nitrogen and oxygen atoms in total. The number of carbonyl (C=O) groups excluding carboxylic acids is 1. The maximum atomic E-state index is 11.9. The van der Waals surface area contributed by atoms with Crippen molar-refractivity contribution >= 4 is 11.7 Å².